The number of nitrogens with zero attached hydrogens (tertiary/aromatic N) is 3. The first kappa shape index (κ1) is 28.4. The molecule has 0 amide bonds. The predicted octanol–water partition coefficient (Wildman–Crippen LogP) is 8.37. The highest BCUT2D eigenvalue weighted by atomic mass is 15.0. The van der Waals surface area contributed by atoms with Crippen LogP contribution in [0.3, 0.4) is 0 Å². The molecule has 0 spiro atoms. The number of hydrogen-bond donors (Lipinski definition) is 4. The lowest BCUT2D eigenvalue weighted by atomic mass is 10.00. The van der Waals surface area contributed by atoms with E-state index < -0.39 is 0 Å². The van der Waals surface area contributed by atoms with E-state index in [4.69, 9.17) is 15.0 Å². The Hall–Kier alpha value is -5.69. The van der Waals surface area contributed by atoms with Crippen molar-refractivity contribution in [1.82, 2.24) is 15.0 Å². The first-order valence-corrected chi connectivity index (χ1v) is 14.6. The van der Waals surface area contributed by atoms with Gasteiger partial charge in [-0.1, -0.05) is 54.6 Å². The van der Waals surface area contributed by atoms with Crippen LogP contribution in [0.1, 0.15) is 0 Å². The van der Waals surface area contributed by atoms with Crippen molar-refractivity contribution in [2.45, 2.75) is 0 Å². The SMILES string of the molecule is CNc1cccc(-c2cc(NC)cc(-c3nc(-c4ccccc4)nc(-c4cc(NC)cc(-c5cccc(NC)c5)c4)n3)c2)c1. The molecule has 0 radical (unpaired) electrons. The molecule has 6 rings (SSSR count). The standard InChI is InChI=1S/C37H35N7/c1-38-31-14-8-12-25(18-31)27-16-29(22-33(20-27)40-3)36-42-35(24-10-6-5-7-11-24)43-37(44-36)30-17-28(21-34(23-30)41-4)26-13-9-15-32(19-26)39-2/h5-23,38-41H,1-4H3. The van der Waals surface area contributed by atoms with Gasteiger partial charge in [0.2, 0.25) is 0 Å². The lowest BCUT2D eigenvalue weighted by Gasteiger charge is -2.14. The second kappa shape index (κ2) is 12.7. The van der Waals surface area contributed by atoms with Crippen molar-refractivity contribution in [2.24, 2.45) is 0 Å². The van der Waals surface area contributed by atoms with Crippen LogP contribution in [0.25, 0.3) is 56.4 Å². The van der Waals surface area contributed by atoms with Gasteiger partial charge in [0.15, 0.2) is 17.5 Å². The summed E-state index contributed by atoms with van der Waals surface area (Å²) in [6.45, 7) is 0. The van der Waals surface area contributed by atoms with Crippen molar-refractivity contribution in [3.63, 3.8) is 0 Å². The van der Waals surface area contributed by atoms with E-state index in [0.29, 0.717) is 17.5 Å². The Bertz CT molecular complexity index is 1800. The minimum Gasteiger partial charge on any atom is -0.388 e. The number of hydrogen-bond acceptors (Lipinski definition) is 7. The minimum absolute atomic E-state index is 0.602. The molecule has 5 aromatic carbocycles. The fourth-order valence-corrected chi connectivity index (χ4v) is 5.19. The normalized spacial score (nSPS) is 10.7. The van der Waals surface area contributed by atoms with Crippen molar-refractivity contribution < 1.29 is 0 Å². The molecule has 0 saturated carbocycles. The largest absolute Gasteiger partial charge is 0.388 e. The minimum atomic E-state index is 0.602. The molecule has 7 heteroatoms. The molecular formula is C37H35N7. The van der Waals surface area contributed by atoms with E-state index in [2.05, 4.69) is 106 Å². The number of aromatic nitrogens is 3. The van der Waals surface area contributed by atoms with Gasteiger partial charge in [-0.05, 0) is 82.9 Å². The fraction of sp³-hybridized carbons (Fsp3) is 0.108. The molecule has 0 unspecified atom stereocenters. The molecule has 0 aliphatic heterocycles. The first-order valence-electron chi connectivity index (χ1n) is 14.6. The van der Waals surface area contributed by atoms with Crippen molar-refractivity contribution in [3.8, 4) is 56.4 Å². The Labute approximate surface area is 258 Å². The van der Waals surface area contributed by atoms with Gasteiger partial charge in [0.1, 0.15) is 0 Å². The van der Waals surface area contributed by atoms with Crippen molar-refractivity contribution in [2.75, 3.05) is 49.5 Å². The van der Waals surface area contributed by atoms with Crippen LogP contribution in [-0.4, -0.2) is 43.1 Å². The molecule has 44 heavy (non-hydrogen) atoms. The number of rotatable bonds is 9. The molecule has 1 aromatic heterocycles. The van der Waals surface area contributed by atoms with Crippen LogP contribution in [0.2, 0.25) is 0 Å². The van der Waals surface area contributed by atoms with E-state index in [9.17, 15) is 0 Å². The van der Waals surface area contributed by atoms with Crippen LogP contribution >= 0.6 is 0 Å². The monoisotopic (exact) mass is 577 g/mol. The molecule has 0 fully saturated rings. The Balaban J connectivity index is 1.54. The molecule has 0 atom stereocenters. The van der Waals surface area contributed by atoms with Gasteiger partial charge in [0.05, 0.1) is 0 Å². The highest BCUT2D eigenvalue weighted by molar-refractivity contribution is 5.80. The van der Waals surface area contributed by atoms with E-state index in [1.54, 1.807) is 0 Å². The average molecular weight is 578 g/mol. The van der Waals surface area contributed by atoms with Crippen LogP contribution < -0.4 is 21.3 Å². The topological polar surface area (TPSA) is 86.8 Å². The number of anilines is 4. The smallest absolute Gasteiger partial charge is 0.164 e. The quantitative estimate of drug-likeness (QED) is 0.137. The first-order chi connectivity index (χ1) is 21.6. The lowest BCUT2D eigenvalue weighted by Crippen LogP contribution is -2.02. The Kier molecular flexibility index (Phi) is 8.19. The lowest BCUT2D eigenvalue weighted by molar-refractivity contribution is 1.07. The highest BCUT2D eigenvalue weighted by Crippen LogP contribution is 2.34. The van der Waals surface area contributed by atoms with Gasteiger partial charge in [0.25, 0.3) is 0 Å². The fourth-order valence-electron chi connectivity index (χ4n) is 5.19. The molecule has 1 heterocycles. The molecule has 0 bridgehead atoms. The summed E-state index contributed by atoms with van der Waals surface area (Å²) in [6.07, 6.45) is 0. The highest BCUT2D eigenvalue weighted by Gasteiger charge is 2.16. The van der Waals surface area contributed by atoms with Gasteiger partial charge >= 0.3 is 0 Å². The molecule has 4 N–H and O–H groups in total. The van der Waals surface area contributed by atoms with E-state index in [1.807, 2.05) is 58.5 Å². The second-order valence-corrected chi connectivity index (χ2v) is 10.4. The van der Waals surface area contributed by atoms with E-state index in [-0.39, 0.29) is 0 Å². The van der Waals surface area contributed by atoms with Crippen molar-refractivity contribution in [1.29, 1.82) is 0 Å². The number of nitrogens with one attached hydrogen (secondary N) is 4. The van der Waals surface area contributed by atoms with Gasteiger partial charge in [0, 0.05) is 67.6 Å². The van der Waals surface area contributed by atoms with E-state index in [0.717, 1.165) is 61.7 Å². The molecule has 0 saturated heterocycles. The summed E-state index contributed by atoms with van der Waals surface area (Å²) in [7, 11) is 7.71. The second-order valence-electron chi connectivity index (χ2n) is 10.4. The summed E-state index contributed by atoms with van der Waals surface area (Å²) in [5.41, 5.74) is 11.1. The van der Waals surface area contributed by atoms with Gasteiger partial charge in [-0.25, -0.2) is 15.0 Å². The van der Waals surface area contributed by atoms with Crippen molar-refractivity contribution in [3.05, 3.63) is 115 Å². The Morgan fingerprint density at radius 1 is 0.318 bits per heavy atom. The van der Waals surface area contributed by atoms with Crippen LogP contribution in [0, 0.1) is 0 Å². The third-order valence-corrected chi connectivity index (χ3v) is 7.60. The Morgan fingerprint density at radius 3 is 1.11 bits per heavy atom. The van der Waals surface area contributed by atoms with Crippen LogP contribution in [0.4, 0.5) is 22.7 Å². The van der Waals surface area contributed by atoms with Crippen molar-refractivity contribution >= 4 is 22.7 Å². The molecule has 218 valence electrons. The zero-order chi connectivity index (χ0) is 30.5. The van der Waals surface area contributed by atoms with Gasteiger partial charge in [-0.15, -0.1) is 0 Å². The summed E-state index contributed by atoms with van der Waals surface area (Å²) < 4.78 is 0. The molecule has 0 aliphatic carbocycles. The van der Waals surface area contributed by atoms with E-state index >= 15 is 0 Å². The summed E-state index contributed by atoms with van der Waals surface area (Å²) in [4.78, 5) is 15.1. The maximum Gasteiger partial charge on any atom is 0.164 e. The third-order valence-electron chi connectivity index (χ3n) is 7.60. The molecular weight excluding hydrogens is 542 g/mol. The summed E-state index contributed by atoms with van der Waals surface area (Å²) in [5, 5.41) is 13.1. The van der Waals surface area contributed by atoms with E-state index in [1.165, 1.54) is 0 Å². The molecule has 0 aliphatic rings. The maximum atomic E-state index is 5.08. The molecule has 6 aromatic rings. The summed E-state index contributed by atoms with van der Waals surface area (Å²) in [5.74, 6) is 1.82. The van der Waals surface area contributed by atoms with Crippen LogP contribution in [-0.2, 0) is 0 Å². The zero-order valence-electron chi connectivity index (χ0n) is 25.3. The maximum absolute atomic E-state index is 5.08. The third kappa shape index (κ3) is 6.08. The van der Waals surface area contributed by atoms with Gasteiger partial charge in [-0.2, -0.15) is 0 Å². The molecule has 7 nitrogen and oxygen atoms in total. The van der Waals surface area contributed by atoms with Gasteiger partial charge in [-0.3, -0.25) is 0 Å². The average Bonchev–Trinajstić information content (AvgIpc) is 3.11. The van der Waals surface area contributed by atoms with Crippen LogP contribution in [0.5, 0.6) is 0 Å². The Morgan fingerprint density at radius 2 is 0.682 bits per heavy atom. The van der Waals surface area contributed by atoms with Crippen LogP contribution in [0.15, 0.2) is 115 Å². The zero-order valence-corrected chi connectivity index (χ0v) is 25.3. The summed E-state index contributed by atoms with van der Waals surface area (Å²) in [6, 6.07) is 39.5. The van der Waals surface area contributed by atoms with Gasteiger partial charge < -0.3 is 21.3 Å². The predicted molar refractivity (Wildman–Crippen MR) is 185 cm³/mol. The number of benzene rings is 5. The summed E-state index contributed by atoms with van der Waals surface area (Å²) >= 11 is 0.